The molecule has 4 amide bonds. The summed E-state index contributed by atoms with van der Waals surface area (Å²) in [5.74, 6) is -1.23. The number of nitriles is 1. The molecule has 2 heterocycles. The third kappa shape index (κ3) is 8.74. The van der Waals surface area contributed by atoms with Gasteiger partial charge in [-0.15, -0.1) is 0 Å². The van der Waals surface area contributed by atoms with Gasteiger partial charge in [0.1, 0.15) is 23.7 Å². The Bertz CT molecular complexity index is 943. The average Bonchev–Trinajstić information content (AvgIpc) is 3.39. The summed E-state index contributed by atoms with van der Waals surface area (Å²) < 4.78 is 11.2. The molecule has 2 rings (SSSR count). The van der Waals surface area contributed by atoms with Gasteiger partial charge in [0.05, 0.1) is 12.2 Å². The van der Waals surface area contributed by atoms with E-state index in [0.717, 1.165) is 6.42 Å². The summed E-state index contributed by atoms with van der Waals surface area (Å²) in [6.45, 7) is 13.7. The molecule has 0 bridgehead atoms. The fraction of sp³-hybridized carbons (Fsp3) is 0.731. The lowest BCUT2D eigenvalue weighted by atomic mass is 9.85. The molecule has 0 spiro atoms. The van der Waals surface area contributed by atoms with Crippen molar-refractivity contribution in [3.63, 3.8) is 0 Å². The Morgan fingerprint density at radius 2 is 1.89 bits per heavy atom. The van der Waals surface area contributed by atoms with Crippen molar-refractivity contribution in [2.24, 2.45) is 5.41 Å². The minimum atomic E-state index is -1.03. The lowest BCUT2D eigenvalue weighted by Gasteiger charge is -2.35. The molecular formula is C26H41N5O6. The third-order valence-corrected chi connectivity index (χ3v) is 5.96. The smallest absolute Gasteiger partial charge is 0.408 e. The zero-order valence-corrected chi connectivity index (χ0v) is 23.0. The Hall–Kier alpha value is -3.13. The number of hydrogen-bond acceptors (Lipinski definition) is 7. The second-order valence-corrected chi connectivity index (χ2v) is 11.5. The SMILES string of the molecule is CCCO[C@@H]1C[C@@H](C(=O)NC(C#N)/C=C2\CCNC2=O)N(C(=O)[C@@H](NC(=O)OC(C)(C)C)C(C)(C)C)C1. The maximum Gasteiger partial charge on any atom is 0.408 e. The molecule has 0 aromatic rings. The first kappa shape index (κ1) is 30.1. The van der Waals surface area contributed by atoms with E-state index in [1.165, 1.54) is 11.0 Å². The Morgan fingerprint density at radius 3 is 2.41 bits per heavy atom. The van der Waals surface area contributed by atoms with Crippen molar-refractivity contribution in [3.05, 3.63) is 11.6 Å². The lowest BCUT2D eigenvalue weighted by Crippen LogP contribution is -2.58. The number of hydrogen-bond donors (Lipinski definition) is 3. The number of carbonyl (C=O) groups is 4. The minimum absolute atomic E-state index is 0.167. The fourth-order valence-electron chi connectivity index (χ4n) is 4.19. The normalized spacial score (nSPS) is 22.7. The monoisotopic (exact) mass is 519 g/mol. The van der Waals surface area contributed by atoms with Crippen LogP contribution in [-0.2, 0) is 23.9 Å². The molecule has 0 aromatic heterocycles. The number of carbonyl (C=O) groups excluding carboxylic acids is 4. The summed E-state index contributed by atoms with van der Waals surface area (Å²) in [5.41, 5.74) is -1.00. The van der Waals surface area contributed by atoms with Crippen LogP contribution in [0.2, 0.25) is 0 Å². The molecule has 0 aromatic carbocycles. The van der Waals surface area contributed by atoms with Crippen molar-refractivity contribution in [1.82, 2.24) is 20.9 Å². The molecular weight excluding hydrogens is 478 g/mol. The molecule has 0 radical (unpaired) electrons. The van der Waals surface area contributed by atoms with Crippen LogP contribution in [0.5, 0.6) is 0 Å². The Labute approximate surface area is 219 Å². The molecule has 2 saturated heterocycles. The van der Waals surface area contributed by atoms with Gasteiger partial charge in [0, 0.05) is 31.7 Å². The highest BCUT2D eigenvalue weighted by atomic mass is 16.6. The lowest BCUT2D eigenvalue weighted by molar-refractivity contribution is -0.142. The van der Waals surface area contributed by atoms with Gasteiger partial charge in [-0.25, -0.2) is 4.79 Å². The van der Waals surface area contributed by atoms with Gasteiger partial charge in [0.2, 0.25) is 17.7 Å². The highest BCUT2D eigenvalue weighted by molar-refractivity contribution is 5.96. The van der Waals surface area contributed by atoms with Gasteiger partial charge in [-0.05, 0) is 45.1 Å². The second-order valence-electron chi connectivity index (χ2n) is 11.5. The maximum atomic E-state index is 13.8. The van der Waals surface area contributed by atoms with Crippen LogP contribution in [0, 0.1) is 16.7 Å². The summed E-state index contributed by atoms with van der Waals surface area (Å²) in [5, 5.41) is 17.6. The average molecular weight is 520 g/mol. The quantitative estimate of drug-likeness (QED) is 0.414. The first-order valence-corrected chi connectivity index (χ1v) is 12.8. The van der Waals surface area contributed by atoms with Crippen LogP contribution in [-0.4, -0.2) is 78.2 Å². The molecule has 206 valence electrons. The molecule has 2 fully saturated rings. The summed E-state index contributed by atoms with van der Waals surface area (Å²) in [7, 11) is 0. The van der Waals surface area contributed by atoms with Crippen LogP contribution in [0.3, 0.4) is 0 Å². The first-order valence-electron chi connectivity index (χ1n) is 12.8. The minimum Gasteiger partial charge on any atom is -0.444 e. The van der Waals surface area contributed by atoms with E-state index in [9.17, 15) is 24.4 Å². The van der Waals surface area contributed by atoms with E-state index >= 15 is 0 Å². The van der Waals surface area contributed by atoms with Crippen molar-refractivity contribution in [2.45, 2.75) is 97.6 Å². The van der Waals surface area contributed by atoms with Gasteiger partial charge in [0.25, 0.3) is 0 Å². The molecule has 2 aliphatic heterocycles. The largest absolute Gasteiger partial charge is 0.444 e. The molecule has 4 atom stereocenters. The zero-order chi connectivity index (χ0) is 28.0. The number of nitrogens with zero attached hydrogens (tertiary/aromatic N) is 2. The molecule has 2 aliphatic rings. The van der Waals surface area contributed by atoms with Crippen LogP contribution >= 0.6 is 0 Å². The van der Waals surface area contributed by atoms with Gasteiger partial charge in [-0.2, -0.15) is 5.26 Å². The molecule has 1 unspecified atom stereocenters. The number of nitrogens with one attached hydrogen (secondary N) is 3. The predicted molar refractivity (Wildman–Crippen MR) is 136 cm³/mol. The fourth-order valence-corrected chi connectivity index (χ4v) is 4.19. The Morgan fingerprint density at radius 1 is 1.22 bits per heavy atom. The van der Waals surface area contributed by atoms with Gasteiger partial charge in [0.15, 0.2) is 0 Å². The van der Waals surface area contributed by atoms with Gasteiger partial charge in [-0.3, -0.25) is 14.4 Å². The summed E-state index contributed by atoms with van der Waals surface area (Å²) in [6.07, 6.45) is 1.83. The van der Waals surface area contributed by atoms with Crippen LogP contribution in [0.15, 0.2) is 11.6 Å². The molecule has 0 aliphatic carbocycles. The van der Waals surface area contributed by atoms with Crippen molar-refractivity contribution >= 4 is 23.8 Å². The Balaban J connectivity index is 2.27. The number of ether oxygens (including phenoxy) is 2. The number of likely N-dealkylation sites (tertiary alicyclic amines) is 1. The van der Waals surface area contributed by atoms with E-state index in [1.807, 2.05) is 33.8 Å². The van der Waals surface area contributed by atoms with Gasteiger partial charge in [-0.1, -0.05) is 27.7 Å². The predicted octanol–water partition coefficient (Wildman–Crippen LogP) is 1.78. The van der Waals surface area contributed by atoms with Gasteiger partial charge >= 0.3 is 6.09 Å². The third-order valence-electron chi connectivity index (χ3n) is 5.96. The van der Waals surface area contributed by atoms with Crippen LogP contribution in [0.4, 0.5) is 4.79 Å². The number of rotatable bonds is 8. The van der Waals surface area contributed by atoms with Gasteiger partial charge < -0.3 is 30.3 Å². The van der Waals surface area contributed by atoms with Crippen LogP contribution in [0.25, 0.3) is 0 Å². The summed E-state index contributed by atoms with van der Waals surface area (Å²) in [4.78, 5) is 53.0. The maximum absolute atomic E-state index is 13.8. The van der Waals surface area contributed by atoms with E-state index in [1.54, 1.807) is 20.8 Å². The molecule has 0 saturated carbocycles. The van der Waals surface area contributed by atoms with Crippen molar-refractivity contribution in [3.8, 4) is 6.07 Å². The topological polar surface area (TPSA) is 150 Å². The van der Waals surface area contributed by atoms with Crippen molar-refractivity contribution < 1.29 is 28.7 Å². The van der Waals surface area contributed by atoms with E-state index < -0.39 is 47.0 Å². The summed E-state index contributed by atoms with van der Waals surface area (Å²) >= 11 is 0. The molecule has 11 nitrogen and oxygen atoms in total. The van der Waals surface area contributed by atoms with Crippen molar-refractivity contribution in [2.75, 3.05) is 19.7 Å². The molecule has 11 heteroatoms. The standard InChI is InChI=1S/C26H41N5O6/c1-8-11-36-18-13-19(22(33)29-17(14-27)12-16-9-10-28-21(16)32)31(15-18)23(34)20(25(2,3)4)30-24(35)37-26(5,6)7/h12,17-20H,8-11,13,15H2,1-7H3,(H,28,32)(H,29,33)(H,30,35)/b16-12+/t17?,18-,19+,20-/m1/s1. The van der Waals surface area contributed by atoms with E-state index in [4.69, 9.17) is 9.47 Å². The van der Waals surface area contributed by atoms with E-state index in [-0.39, 0.29) is 25.0 Å². The van der Waals surface area contributed by atoms with Crippen LogP contribution in [0.1, 0.15) is 67.7 Å². The molecule has 37 heavy (non-hydrogen) atoms. The number of amides is 4. The Kier molecular flexibility index (Phi) is 10.1. The first-order chi connectivity index (χ1) is 17.2. The highest BCUT2D eigenvalue weighted by Crippen LogP contribution is 2.28. The van der Waals surface area contributed by atoms with Crippen LogP contribution < -0.4 is 16.0 Å². The number of alkyl carbamates (subject to hydrolysis) is 1. The zero-order valence-electron chi connectivity index (χ0n) is 23.0. The van der Waals surface area contributed by atoms with E-state index in [2.05, 4.69) is 16.0 Å². The molecule has 3 N–H and O–H groups in total. The van der Waals surface area contributed by atoms with Crippen molar-refractivity contribution in [1.29, 1.82) is 5.26 Å². The van der Waals surface area contributed by atoms with E-state index in [0.29, 0.717) is 25.1 Å². The second kappa shape index (κ2) is 12.4. The summed E-state index contributed by atoms with van der Waals surface area (Å²) in [6, 6.07) is -0.923. The highest BCUT2D eigenvalue weighted by Gasteiger charge is 2.45.